The van der Waals surface area contributed by atoms with Crippen molar-refractivity contribution in [2.75, 3.05) is 6.38 Å². The van der Waals surface area contributed by atoms with Gasteiger partial charge < -0.3 is 0 Å². The third kappa shape index (κ3) is 2.63. The van der Waals surface area contributed by atoms with Crippen molar-refractivity contribution in [3.8, 4) is 11.1 Å². The fourth-order valence-electron chi connectivity index (χ4n) is 4.00. The zero-order valence-electron chi connectivity index (χ0n) is 13.4. The zero-order chi connectivity index (χ0) is 15.8. The molecule has 1 heterocycles. The summed E-state index contributed by atoms with van der Waals surface area (Å²) in [5, 5.41) is 0. The van der Waals surface area contributed by atoms with Crippen molar-refractivity contribution < 1.29 is 21.8 Å². The number of benzene rings is 2. The molecule has 0 bridgehead atoms. The molecule has 115 valence electrons. The summed E-state index contributed by atoms with van der Waals surface area (Å²) in [6.07, 6.45) is 7.61. The summed E-state index contributed by atoms with van der Waals surface area (Å²) in [7, 11) is 0. The topological polar surface area (TPSA) is 0 Å². The maximum Gasteiger partial charge on any atom is 0.0108 e. The summed E-state index contributed by atoms with van der Waals surface area (Å²) in [6, 6.07) is 18.0. The van der Waals surface area contributed by atoms with E-state index in [9.17, 15) is 0 Å². The SMILES string of the molecule is C1=CC(C2c3ccccc3-c3ccccc32)=[C]([Zr]2[CH2][CH2]2)C1.CCl. The van der Waals surface area contributed by atoms with Gasteiger partial charge in [-0.2, -0.15) is 0 Å². The van der Waals surface area contributed by atoms with Crippen molar-refractivity contribution in [1.29, 1.82) is 0 Å². The Morgan fingerprint density at radius 3 is 2.00 bits per heavy atom. The van der Waals surface area contributed by atoms with E-state index in [2.05, 4.69) is 72.3 Å². The summed E-state index contributed by atoms with van der Waals surface area (Å²) < 4.78 is 5.10. The largest absolute Gasteiger partial charge is 0.130 e. The maximum atomic E-state index is 4.64. The number of hydrogen-bond donors (Lipinski definition) is 0. The van der Waals surface area contributed by atoms with Crippen LogP contribution in [0.1, 0.15) is 23.5 Å². The van der Waals surface area contributed by atoms with Crippen LogP contribution in [0.5, 0.6) is 0 Å². The van der Waals surface area contributed by atoms with E-state index >= 15 is 0 Å². The first-order chi connectivity index (χ1) is 11.4. The summed E-state index contributed by atoms with van der Waals surface area (Å²) in [6.45, 7) is 0. The Morgan fingerprint density at radius 1 is 0.870 bits per heavy atom. The van der Waals surface area contributed by atoms with Gasteiger partial charge in [0.05, 0.1) is 0 Å². The fraction of sp³-hybridized carbons (Fsp3) is 0.238. The van der Waals surface area contributed by atoms with Gasteiger partial charge in [0.25, 0.3) is 0 Å². The molecule has 2 aromatic carbocycles. The van der Waals surface area contributed by atoms with E-state index in [1.807, 2.05) is 3.28 Å². The van der Waals surface area contributed by atoms with E-state index < -0.39 is 21.8 Å². The van der Waals surface area contributed by atoms with Gasteiger partial charge in [0.2, 0.25) is 0 Å². The molecule has 0 radical (unpaired) electrons. The number of alkyl halides is 1. The monoisotopic (exact) mass is 397 g/mol. The molecule has 0 atom stereocenters. The fourth-order valence-corrected chi connectivity index (χ4v) is 10.2. The Bertz CT molecular complexity index is 753. The minimum absolute atomic E-state index is 0.514. The van der Waals surface area contributed by atoms with E-state index in [-0.39, 0.29) is 0 Å². The van der Waals surface area contributed by atoms with Gasteiger partial charge in [0.1, 0.15) is 0 Å². The Morgan fingerprint density at radius 2 is 1.43 bits per heavy atom. The van der Waals surface area contributed by atoms with Crippen molar-refractivity contribution in [1.82, 2.24) is 0 Å². The van der Waals surface area contributed by atoms with Crippen molar-refractivity contribution in [2.24, 2.45) is 0 Å². The molecule has 3 aliphatic rings. The van der Waals surface area contributed by atoms with Crippen molar-refractivity contribution in [2.45, 2.75) is 20.6 Å². The quantitative estimate of drug-likeness (QED) is 0.518. The molecular weight excluding hydrogens is 379 g/mol. The predicted molar refractivity (Wildman–Crippen MR) is 95.9 cm³/mol. The molecular formula is C21H20ClZr. The van der Waals surface area contributed by atoms with Gasteiger partial charge in [0, 0.05) is 6.38 Å². The first-order valence-corrected chi connectivity index (χ1v) is 13.7. The first kappa shape index (κ1) is 15.6. The molecule has 1 fully saturated rings. The average Bonchev–Trinajstić information content (AvgIpc) is 3.26. The Hall–Kier alpha value is -0.907. The Kier molecular flexibility index (Phi) is 4.44. The molecule has 0 amide bonds. The molecule has 2 aromatic rings. The average molecular weight is 399 g/mol. The molecule has 1 aliphatic heterocycles. The number of rotatable bonds is 2. The second-order valence-corrected chi connectivity index (χ2v) is 13.2. The van der Waals surface area contributed by atoms with Gasteiger partial charge in [-0.3, -0.25) is 0 Å². The number of halogens is 1. The van der Waals surface area contributed by atoms with E-state index in [1.54, 1.807) is 13.8 Å². The maximum absolute atomic E-state index is 4.64. The summed E-state index contributed by atoms with van der Waals surface area (Å²) in [4.78, 5) is 0. The molecule has 0 aromatic heterocycles. The zero-order valence-corrected chi connectivity index (χ0v) is 16.6. The van der Waals surface area contributed by atoms with Crippen LogP contribution in [-0.4, -0.2) is 6.38 Å². The van der Waals surface area contributed by atoms with Crippen LogP contribution < -0.4 is 0 Å². The second kappa shape index (κ2) is 6.54. The summed E-state index contributed by atoms with van der Waals surface area (Å²) in [5.74, 6) is 0.514. The molecule has 0 unspecified atom stereocenters. The van der Waals surface area contributed by atoms with Gasteiger partial charge in [-0.05, 0) is 0 Å². The molecule has 0 spiro atoms. The third-order valence-electron chi connectivity index (χ3n) is 5.04. The molecule has 2 aliphatic carbocycles. The van der Waals surface area contributed by atoms with Gasteiger partial charge in [0.15, 0.2) is 0 Å². The minimum atomic E-state index is -1.07. The van der Waals surface area contributed by atoms with Crippen LogP contribution >= 0.6 is 11.6 Å². The number of allylic oxidation sites excluding steroid dienone is 4. The van der Waals surface area contributed by atoms with Crippen LogP contribution in [0.15, 0.2) is 69.5 Å². The second-order valence-electron chi connectivity index (χ2n) is 6.25. The molecule has 2 heteroatoms. The third-order valence-corrected chi connectivity index (χ3v) is 10.8. The predicted octanol–water partition coefficient (Wildman–Crippen LogP) is 6.34. The van der Waals surface area contributed by atoms with Crippen molar-refractivity contribution in [3.05, 3.63) is 80.7 Å². The minimum Gasteiger partial charge on any atom is -0.130 e. The molecule has 0 saturated carbocycles. The van der Waals surface area contributed by atoms with Crippen LogP contribution in [0, 0.1) is 0 Å². The molecule has 23 heavy (non-hydrogen) atoms. The van der Waals surface area contributed by atoms with E-state index in [4.69, 9.17) is 0 Å². The summed E-state index contributed by atoms with van der Waals surface area (Å²) in [5.41, 5.74) is 7.65. The summed E-state index contributed by atoms with van der Waals surface area (Å²) >= 11 is 3.57. The standard InChI is InChI=1S/C18H13.C2H4.CH3Cl.Zr/c1-2-8-13(7-1)18-16-11-5-3-9-14(16)15-10-4-6-12-17(15)18;2*1-2;/h1,3-7,9-12,18H,2H2;1-2H2;1H3;. The first-order valence-electron chi connectivity index (χ1n) is 8.24. The van der Waals surface area contributed by atoms with Crippen LogP contribution in [0.25, 0.3) is 11.1 Å². The normalized spacial score (nSPS) is 17.7. The van der Waals surface area contributed by atoms with Crippen molar-refractivity contribution >= 4 is 11.6 Å². The Balaban J connectivity index is 0.000000652. The van der Waals surface area contributed by atoms with Crippen LogP contribution in [0.2, 0.25) is 8.26 Å². The molecule has 1 saturated heterocycles. The number of hydrogen-bond acceptors (Lipinski definition) is 0. The number of fused-ring (bicyclic) bond motifs is 3. The smallest absolute Gasteiger partial charge is 0.0108 e. The molecule has 5 rings (SSSR count). The van der Waals surface area contributed by atoms with Gasteiger partial charge in [-0.15, -0.1) is 11.6 Å². The van der Waals surface area contributed by atoms with Gasteiger partial charge in [-0.25, -0.2) is 0 Å². The Labute approximate surface area is 151 Å². The van der Waals surface area contributed by atoms with Crippen LogP contribution in [0.4, 0.5) is 0 Å². The molecule has 0 nitrogen and oxygen atoms in total. The van der Waals surface area contributed by atoms with Gasteiger partial charge >= 0.3 is 134 Å². The van der Waals surface area contributed by atoms with Crippen LogP contribution in [0.3, 0.4) is 0 Å². The van der Waals surface area contributed by atoms with E-state index in [0.29, 0.717) is 5.92 Å². The van der Waals surface area contributed by atoms with Gasteiger partial charge in [-0.1, -0.05) is 0 Å². The van der Waals surface area contributed by atoms with E-state index in [0.717, 1.165) is 0 Å². The van der Waals surface area contributed by atoms with Crippen LogP contribution in [-0.2, 0) is 21.8 Å². The molecule has 0 N–H and O–H groups in total. The van der Waals surface area contributed by atoms with Crippen molar-refractivity contribution in [3.63, 3.8) is 0 Å². The van der Waals surface area contributed by atoms with E-state index in [1.165, 1.54) is 35.1 Å².